The molecule has 0 aliphatic heterocycles. The van der Waals surface area contributed by atoms with E-state index in [-0.39, 0.29) is 5.91 Å². The van der Waals surface area contributed by atoms with Crippen molar-refractivity contribution in [2.45, 2.75) is 26.9 Å². The summed E-state index contributed by atoms with van der Waals surface area (Å²) in [5, 5.41) is 2.82. The lowest BCUT2D eigenvalue weighted by molar-refractivity contribution is -0.122. The average Bonchev–Trinajstić information content (AvgIpc) is 2.46. The SMILES string of the molecule is COc1ccc(NC(=O)[C@@H](C)Oc2cc(C)cc(C)c2)cc1. The van der Waals surface area contributed by atoms with E-state index in [2.05, 4.69) is 11.4 Å². The first-order valence-corrected chi connectivity index (χ1v) is 7.18. The van der Waals surface area contributed by atoms with Crippen molar-refractivity contribution in [2.24, 2.45) is 0 Å². The second kappa shape index (κ2) is 6.98. The highest BCUT2D eigenvalue weighted by molar-refractivity contribution is 5.94. The van der Waals surface area contributed by atoms with E-state index in [1.54, 1.807) is 38.3 Å². The molecule has 0 spiro atoms. The molecular formula is C18H21NO3. The van der Waals surface area contributed by atoms with Crippen LogP contribution in [0.5, 0.6) is 11.5 Å². The molecule has 22 heavy (non-hydrogen) atoms. The fourth-order valence-corrected chi connectivity index (χ4v) is 2.18. The number of hydrogen-bond acceptors (Lipinski definition) is 3. The van der Waals surface area contributed by atoms with Crippen LogP contribution in [0.15, 0.2) is 42.5 Å². The van der Waals surface area contributed by atoms with E-state index in [0.29, 0.717) is 11.4 Å². The van der Waals surface area contributed by atoms with Crippen molar-refractivity contribution in [1.82, 2.24) is 0 Å². The first-order valence-electron chi connectivity index (χ1n) is 7.18. The van der Waals surface area contributed by atoms with Gasteiger partial charge in [-0.3, -0.25) is 4.79 Å². The smallest absolute Gasteiger partial charge is 0.265 e. The molecule has 1 amide bonds. The lowest BCUT2D eigenvalue weighted by Gasteiger charge is -2.15. The maximum atomic E-state index is 12.2. The molecule has 2 rings (SSSR count). The summed E-state index contributed by atoms with van der Waals surface area (Å²) in [5.74, 6) is 1.26. The van der Waals surface area contributed by atoms with Crippen LogP contribution in [-0.2, 0) is 4.79 Å². The van der Waals surface area contributed by atoms with Crippen LogP contribution in [-0.4, -0.2) is 19.1 Å². The summed E-state index contributed by atoms with van der Waals surface area (Å²) in [6.07, 6.45) is -0.580. The third kappa shape index (κ3) is 4.25. The molecule has 0 unspecified atom stereocenters. The van der Waals surface area contributed by atoms with Gasteiger partial charge in [-0.2, -0.15) is 0 Å². The first kappa shape index (κ1) is 15.9. The molecule has 116 valence electrons. The lowest BCUT2D eigenvalue weighted by Crippen LogP contribution is -2.30. The topological polar surface area (TPSA) is 47.6 Å². The standard InChI is InChI=1S/C18H21NO3/c1-12-9-13(2)11-17(10-12)22-14(3)18(20)19-15-5-7-16(21-4)8-6-15/h5-11,14H,1-4H3,(H,19,20)/t14-/m1/s1. The summed E-state index contributed by atoms with van der Waals surface area (Å²) >= 11 is 0. The molecule has 0 heterocycles. The van der Waals surface area contributed by atoms with Crippen molar-refractivity contribution in [3.8, 4) is 11.5 Å². The van der Waals surface area contributed by atoms with Crippen molar-refractivity contribution >= 4 is 11.6 Å². The van der Waals surface area contributed by atoms with Crippen LogP contribution in [0.4, 0.5) is 5.69 Å². The number of rotatable bonds is 5. The molecule has 2 aromatic carbocycles. The summed E-state index contributed by atoms with van der Waals surface area (Å²) in [6.45, 7) is 5.74. The van der Waals surface area contributed by atoms with Gasteiger partial charge in [-0.15, -0.1) is 0 Å². The van der Waals surface area contributed by atoms with Crippen LogP contribution in [0.2, 0.25) is 0 Å². The van der Waals surface area contributed by atoms with Gasteiger partial charge in [-0.1, -0.05) is 6.07 Å². The molecule has 0 aliphatic rings. The number of anilines is 1. The third-order valence-corrected chi connectivity index (χ3v) is 3.23. The number of benzene rings is 2. The second-order valence-corrected chi connectivity index (χ2v) is 5.30. The molecule has 2 aromatic rings. The second-order valence-electron chi connectivity index (χ2n) is 5.30. The molecule has 0 radical (unpaired) electrons. The Bertz CT molecular complexity index is 630. The Labute approximate surface area is 131 Å². The van der Waals surface area contributed by atoms with E-state index < -0.39 is 6.10 Å². The Hall–Kier alpha value is -2.49. The molecule has 1 atom stereocenters. The Kier molecular flexibility index (Phi) is 5.04. The summed E-state index contributed by atoms with van der Waals surface area (Å²) in [6, 6.07) is 13.1. The van der Waals surface area contributed by atoms with Crippen molar-refractivity contribution in [3.63, 3.8) is 0 Å². The molecule has 4 nitrogen and oxygen atoms in total. The van der Waals surface area contributed by atoms with Crippen molar-refractivity contribution in [3.05, 3.63) is 53.6 Å². The van der Waals surface area contributed by atoms with E-state index in [1.807, 2.05) is 26.0 Å². The Balaban J connectivity index is 1.99. The van der Waals surface area contributed by atoms with E-state index in [1.165, 1.54) is 0 Å². The van der Waals surface area contributed by atoms with Crippen molar-refractivity contribution < 1.29 is 14.3 Å². The van der Waals surface area contributed by atoms with Crippen LogP contribution in [0.25, 0.3) is 0 Å². The van der Waals surface area contributed by atoms with Crippen LogP contribution in [0, 0.1) is 13.8 Å². The van der Waals surface area contributed by atoms with Gasteiger partial charge in [0.2, 0.25) is 0 Å². The molecule has 4 heteroatoms. The van der Waals surface area contributed by atoms with Gasteiger partial charge in [0.05, 0.1) is 7.11 Å². The maximum absolute atomic E-state index is 12.2. The van der Waals surface area contributed by atoms with Gasteiger partial charge >= 0.3 is 0 Å². The van der Waals surface area contributed by atoms with Gasteiger partial charge < -0.3 is 14.8 Å². The zero-order valence-corrected chi connectivity index (χ0v) is 13.3. The normalized spacial score (nSPS) is 11.6. The predicted octanol–water partition coefficient (Wildman–Crippen LogP) is 3.72. The molecule has 0 fully saturated rings. The average molecular weight is 299 g/mol. The monoisotopic (exact) mass is 299 g/mol. The summed E-state index contributed by atoms with van der Waals surface area (Å²) in [7, 11) is 1.60. The first-order chi connectivity index (χ1) is 10.5. The molecule has 0 aliphatic carbocycles. The number of ether oxygens (including phenoxy) is 2. The zero-order valence-electron chi connectivity index (χ0n) is 13.3. The summed E-state index contributed by atoms with van der Waals surface area (Å²) in [5.41, 5.74) is 2.93. The van der Waals surface area contributed by atoms with Gasteiger partial charge in [-0.25, -0.2) is 0 Å². The third-order valence-electron chi connectivity index (χ3n) is 3.23. The van der Waals surface area contributed by atoms with Gasteiger partial charge in [0.15, 0.2) is 6.10 Å². The number of nitrogens with one attached hydrogen (secondary N) is 1. The maximum Gasteiger partial charge on any atom is 0.265 e. The molecule has 1 N–H and O–H groups in total. The summed E-state index contributed by atoms with van der Waals surface area (Å²) in [4.78, 5) is 12.2. The quantitative estimate of drug-likeness (QED) is 0.915. The highest BCUT2D eigenvalue weighted by atomic mass is 16.5. The zero-order chi connectivity index (χ0) is 16.1. The molecule has 0 saturated heterocycles. The number of methoxy groups -OCH3 is 1. The Morgan fingerprint density at radius 3 is 2.14 bits per heavy atom. The van der Waals surface area contributed by atoms with Crippen molar-refractivity contribution in [1.29, 1.82) is 0 Å². The van der Waals surface area contributed by atoms with Gasteiger partial charge in [-0.05, 0) is 68.3 Å². The van der Waals surface area contributed by atoms with E-state index in [4.69, 9.17) is 9.47 Å². The van der Waals surface area contributed by atoms with E-state index >= 15 is 0 Å². The van der Waals surface area contributed by atoms with E-state index in [0.717, 1.165) is 16.9 Å². The fourth-order valence-electron chi connectivity index (χ4n) is 2.18. The Morgan fingerprint density at radius 1 is 1.00 bits per heavy atom. The highest BCUT2D eigenvalue weighted by Crippen LogP contribution is 2.19. The lowest BCUT2D eigenvalue weighted by atomic mass is 10.1. The minimum absolute atomic E-state index is 0.190. The number of hydrogen-bond donors (Lipinski definition) is 1. The number of carbonyl (C=O) groups excluding carboxylic acids is 1. The molecule has 0 aromatic heterocycles. The Morgan fingerprint density at radius 2 is 1.59 bits per heavy atom. The summed E-state index contributed by atoms with van der Waals surface area (Å²) < 4.78 is 10.8. The minimum Gasteiger partial charge on any atom is -0.497 e. The van der Waals surface area contributed by atoms with Crippen LogP contribution in [0.3, 0.4) is 0 Å². The largest absolute Gasteiger partial charge is 0.497 e. The van der Waals surface area contributed by atoms with Gasteiger partial charge in [0.25, 0.3) is 5.91 Å². The van der Waals surface area contributed by atoms with Gasteiger partial charge in [0, 0.05) is 5.69 Å². The molecular weight excluding hydrogens is 278 g/mol. The number of carbonyl (C=O) groups is 1. The van der Waals surface area contributed by atoms with Crippen LogP contribution < -0.4 is 14.8 Å². The van der Waals surface area contributed by atoms with Crippen LogP contribution in [0.1, 0.15) is 18.1 Å². The fraction of sp³-hybridized carbons (Fsp3) is 0.278. The molecule has 0 saturated carbocycles. The van der Waals surface area contributed by atoms with Gasteiger partial charge in [0.1, 0.15) is 11.5 Å². The number of aryl methyl sites for hydroxylation is 2. The number of amides is 1. The molecule has 0 bridgehead atoms. The van der Waals surface area contributed by atoms with E-state index in [9.17, 15) is 4.79 Å². The minimum atomic E-state index is -0.580. The van der Waals surface area contributed by atoms with Crippen LogP contribution >= 0.6 is 0 Å². The van der Waals surface area contributed by atoms with Crippen molar-refractivity contribution in [2.75, 3.05) is 12.4 Å². The predicted molar refractivity (Wildman–Crippen MR) is 87.6 cm³/mol. The highest BCUT2D eigenvalue weighted by Gasteiger charge is 2.15.